The van der Waals surface area contributed by atoms with Crippen LogP contribution in [0.2, 0.25) is 0 Å². The molecule has 2 aliphatic heterocycles. The molecule has 2 amide bonds. The Morgan fingerprint density at radius 1 is 1.02 bits per heavy atom. The van der Waals surface area contributed by atoms with Gasteiger partial charge in [-0.2, -0.15) is 0 Å². The van der Waals surface area contributed by atoms with Crippen molar-refractivity contribution in [2.24, 2.45) is 0 Å². The summed E-state index contributed by atoms with van der Waals surface area (Å²) in [6, 6.07) is 14.3. The average Bonchev–Trinajstić information content (AvgIpc) is 3.04. The highest BCUT2D eigenvalue weighted by Gasteiger charge is 2.28. The normalized spacial score (nSPS) is 17.5. The molecule has 2 saturated heterocycles. The third-order valence-corrected chi connectivity index (χ3v) is 8.39. The van der Waals surface area contributed by atoms with E-state index in [1.165, 1.54) is 7.11 Å². The summed E-state index contributed by atoms with van der Waals surface area (Å²) in [7, 11) is 1.45. The molecule has 3 aromatic carbocycles. The largest absolute Gasteiger partial charge is 0.494 e. The third kappa shape index (κ3) is 7.81. The predicted molar refractivity (Wildman–Crippen MR) is 175 cm³/mol. The molecule has 0 aliphatic carbocycles. The van der Waals surface area contributed by atoms with Gasteiger partial charge >= 0.3 is 0 Å². The van der Waals surface area contributed by atoms with Crippen molar-refractivity contribution in [2.45, 2.75) is 45.1 Å². The van der Waals surface area contributed by atoms with E-state index in [0.29, 0.717) is 29.9 Å². The predicted octanol–water partition coefficient (Wildman–Crippen LogP) is 4.16. The molecule has 1 atom stereocenters. The molecule has 45 heavy (non-hydrogen) atoms. The van der Waals surface area contributed by atoms with E-state index in [9.17, 15) is 14.4 Å². The van der Waals surface area contributed by atoms with Crippen LogP contribution in [-0.4, -0.2) is 88.2 Å². The molecule has 3 N–H and O–H groups in total. The van der Waals surface area contributed by atoms with Gasteiger partial charge in [0.2, 0.25) is 0 Å². The number of hydrogen-bond acceptors (Lipinski definition) is 8. The zero-order valence-electron chi connectivity index (χ0n) is 26.7. The number of rotatable bonds is 10. The number of ether oxygens (including phenoxy) is 3. The molecule has 0 radical (unpaired) electrons. The van der Waals surface area contributed by atoms with Crippen LogP contribution in [0.4, 0.5) is 5.69 Å². The molecule has 2 fully saturated rings. The van der Waals surface area contributed by atoms with Gasteiger partial charge in [-0.05, 0) is 60.0 Å². The molecular weight excluding hydrogens is 572 g/mol. The van der Waals surface area contributed by atoms with Crippen LogP contribution >= 0.6 is 0 Å². The number of amides is 2. The highest BCUT2D eigenvalue weighted by atomic mass is 16.5. The summed E-state index contributed by atoms with van der Waals surface area (Å²) in [5.74, 6) is -0.955. The fraction of sp³-hybridized carbons (Fsp3) is 0.457. The molecule has 240 valence electrons. The van der Waals surface area contributed by atoms with E-state index in [4.69, 9.17) is 14.2 Å². The number of piperidine rings is 1. The Bertz CT molecular complexity index is 1540. The average molecular weight is 617 g/mol. The summed E-state index contributed by atoms with van der Waals surface area (Å²) in [5.41, 5.74) is 1.31. The molecule has 2 aliphatic rings. The Labute approximate surface area is 264 Å². The van der Waals surface area contributed by atoms with Crippen molar-refractivity contribution < 1.29 is 28.6 Å². The SMILES string of the molecule is COc1c(NC(=O)C(=O)c2ccc(OCCN3CCOCC3)c3ccccc23)cc(C(C)(C)C)cc1C(=O)NC1CCCNC1. The smallest absolute Gasteiger partial charge is 0.296 e. The van der Waals surface area contributed by atoms with E-state index >= 15 is 0 Å². The van der Waals surface area contributed by atoms with Gasteiger partial charge in [-0.3, -0.25) is 19.3 Å². The van der Waals surface area contributed by atoms with E-state index in [0.717, 1.165) is 63.2 Å². The van der Waals surface area contributed by atoms with Crippen molar-refractivity contribution in [1.29, 1.82) is 0 Å². The van der Waals surface area contributed by atoms with Crippen molar-refractivity contribution in [2.75, 3.05) is 65.0 Å². The number of fused-ring (bicyclic) bond motifs is 1. The Balaban J connectivity index is 1.38. The van der Waals surface area contributed by atoms with Crippen LogP contribution in [0.15, 0.2) is 48.5 Å². The summed E-state index contributed by atoms with van der Waals surface area (Å²) < 4.78 is 17.2. The summed E-state index contributed by atoms with van der Waals surface area (Å²) in [6.45, 7) is 12.2. The number of carbonyl (C=O) groups is 3. The van der Waals surface area contributed by atoms with Crippen molar-refractivity contribution in [1.82, 2.24) is 15.5 Å². The highest BCUT2D eigenvalue weighted by molar-refractivity contribution is 6.48. The molecule has 1 unspecified atom stereocenters. The van der Waals surface area contributed by atoms with Gasteiger partial charge in [-0.1, -0.05) is 45.0 Å². The lowest BCUT2D eigenvalue weighted by Crippen LogP contribution is -2.45. The number of morpholine rings is 1. The summed E-state index contributed by atoms with van der Waals surface area (Å²) in [6.07, 6.45) is 1.85. The first kappa shape index (κ1) is 32.4. The van der Waals surface area contributed by atoms with Crippen LogP contribution in [0.1, 0.15) is 59.9 Å². The maximum absolute atomic E-state index is 13.7. The van der Waals surface area contributed by atoms with Crippen LogP contribution in [-0.2, 0) is 14.9 Å². The summed E-state index contributed by atoms with van der Waals surface area (Å²) >= 11 is 0. The fourth-order valence-corrected chi connectivity index (χ4v) is 5.79. The van der Waals surface area contributed by atoms with Gasteiger partial charge in [0.15, 0.2) is 5.75 Å². The number of carbonyl (C=O) groups excluding carboxylic acids is 3. The van der Waals surface area contributed by atoms with Crippen LogP contribution in [0.3, 0.4) is 0 Å². The lowest BCUT2D eigenvalue weighted by Gasteiger charge is -2.26. The molecule has 0 aromatic heterocycles. The number of Topliss-reactive ketones (excluding diaryl/α,β-unsaturated/α-hetero) is 1. The highest BCUT2D eigenvalue weighted by Crippen LogP contribution is 2.36. The van der Waals surface area contributed by atoms with Gasteiger partial charge in [-0.25, -0.2) is 0 Å². The maximum Gasteiger partial charge on any atom is 0.296 e. The molecule has 5 rings (SSSR count). The second kappa shape index (κ2) is 14.4. The zero-order valence-corrected chi connectivity index (χ0v) is 26.7. The number of benzene rings is 3. The molecular formula is C35H44N4O6. The standard InChI is InChI=1S/C35H44N4O6/c1-35(2,3)23-20-28(33(41)37-24-8-7-13-36-22-24)32(43-4)29(21-23)38-34(42)31(40)27-11-12-30(26-10-6-5-9-25(26)27)45-19-16-39-14-17-44-18-15-39/h5-6,9-12,20-21,24,36H,7-8,13-19,22H2,1-4H3,(H,37,41)(H,38,42). The number of nitrogens with one attached hydrogen (secondary N) is 3. The number of anilines is 1. The second-order valence-corrected chi connectivity index (χ2v) is 12.6. The fourth-order valence-electron chi connectivity index (χ4n) is 5.79. The Hall–Kier alpha value is -3.99. The van der Waals surface area contributed by atoms with Crippen LogP contribution < -0.4 is 25.4 Å². The second-order valence-electron chi connectivity index (χ2n) is 12.6. The van der Waals surface area contributed by atoms with Gasteiger partial charge in [-0.15, -0.1) is 0 Å². The van der Waals surface area contributed by atoms with Crippen molar-refractivity contribution >= 4 is 34.1 Å². The van der Waals surface area contributed by atoms with Crippen LogP contribution in [0, 0.1) is 0 Å². The lowest BCUT2D eigenvalue weighted by atomic mass is 9.85. The van der Waals surface area contributed by atoms with Gasteiger partial charge in [0.1, 0.15) is 12.4 Å². The number of hydrogen-bond donors (Lipinski definition) is 3. The minimum atomic E-state index is -0.826. The Morgan fingerprint density at radius 3 is 2.47 bits per heavy atom. The first-order valence-electron chi connectivity index (χ1n) is 15.7. The Morgan fingerprint density at radius 2 is 1.78 bits per heavy atom. The molecule has 0 saturated carbocycles. The first-order chi connectivity index (χ1) is 21.7. The van der Waals surface area contributed by atoms with Crippen LogP contribution in [0.25, 0.3) is 10.8 Å². The molecule has 0 bridgehead atoms. The topological polar surface area (TPSA) is 118 Å². The van der Waals surface area contributed by atoms with E-state index in [1.807, 2.05) is 45.0 Å². The van der Waals surface area contributed by atoms with E-state index in [2.05, 4.69) is 20.9 Å². The minimum Gasteiger partial charge on any atom is -0.494 e. The van der Waals surface area contributed by atoms with Gasteiger partial charge in [0, 0.05) is 43.2 Å². The van der Waals surface area contributed by atoms with Gasteiger partial charge < -0.3 is 30.2 Å². The summed E-state index contributed by atoms with van der Waals surface area (Å²) in [4.78, 5) is 43.0. The van der Waals surface area contributed by atoms with Crippen molar-refractivity contribution in [3.8, 4) is 11.5 Å². The third-order valence-electron chi connectivity index (χ3n) is 8.39. The lowest BCUT2D eigenvalue weighted by molar-refractivity contribution is -0.112. The molecule has 2 heterocycles. The molecule has 10 nitrogen and oxygen atoms in total. The maximum atomic E-state index is 13.7. The minimum absolute atomic E-state index is 0.00605. The Kier molecular flexibility index (Phi) is 10.4. The number of methoxy groups -OCH3 is 1. The van der Waals surface area contributed by atoms with E-state index in [1.54, 1.807) is 24.3 Å². The molecule has 10 heteroatoms. The monoisotopic (exact) mass is 616 g/mol. The molecule has 0 spiro atoms. The number of nitrogens with zero attached hydrogens (tertiary/aromatic N) is 1. The van der Waals surface area contributed by atoms with Crippen molar-refractivity contribution in [3.05, 3.63) is 65.2 Å². The quantitative estimate of drug-likeness (QED) is 0.230. The van der Waals surface area contributed by atoms with Crippen LogP contribution in [0.5, 0.6) is 11.5 Å². The van der Waals surface area contributed by atoms with Crippen molar-refractivity contribution in [3.63, 3.8) is 0 Å². The summed E-state index contributed by atoms with van der Waals surface area (Å²) in [5, 5.41) is 10.5. The zero-order chi connectivity index (χ0) is 32.0. The first-order valence-corrected chi connectivity index (χ1v) is 15.7. The van der Waals surface area contributed by atoms with Gasteiger partial charge in [0.05, 0.1) is 31.6 Å². The van der Waals surface area contributed by atoms with E-state index < -0.39 is 11.7 Å². The van der Waals surface area contributed by atoms with E-state index in [-0.39, 0.29) is 34.4 Å². The van der Waals surface area contributed by atoms with Gasteiger partial charge in [0.25, 0.3) is 17.6 Å². The number of ketones is 1. The molecule has 3 aromatic rings.